The second-order valence-corrected chi connectivity index (χ2v) is 9.85. The summed E-state index contributed by atoms with van der Waals surface area (Å²) in [5.74, 6) is -1.69. The molecule has 0 aliphatic heterocycles. The zero-order valence-corrected chi connectivity index (χ0v) is 18.8. The van der Waals surface area contributed by atoms with Crippen LogP contribution in [-0.2, 0) is 23.1 Å². The number of hydrogen-bond acceptors (Lipinski definition) is 5. The molecule has 0 amide bonds. The number of ether oxygens (including phenoxy) is 1. The number of thiophene rings is 1. The number of nitrogens with one attached hydrogen (secondary N) is 1. The van der Waals surface area contributed by atoms with Gasteiger partial charge in [-0.15, -0.1) is 0 Å². The summed E-state index contributed by atoms with van der Waals surface area (Å²) in [4.78, 5) is 1.86. The summed E-state index contributed by atoms with van der Waals surface area (Å²) in [5.41, 5.74) is 2.34. The molecule has 1 atom stereocenters. The molecule has 0 aliphatic carbocycles. The molecule has 2 aromatic carbocycles. The van der Waals surface area contributed by atoms with E-state index in [1.54, 1.807) is 18.3 Å². The van der Waals surface area contributed by atoms with Crippen LogP contribution in [0.4, 0.5) is 8.78 Å². The number of benzene rings is 2. The summed E-state index contributed by atoms with van der Waals surface area (Å²) in [7, 11) is -1.94. The van der Waals surface area contributed by atoms with Crippen LogP contribution in [0.15, 0.2) is 64.2 Å². The van der Waals surface area contributed by atoms with E-state index in [-0.39, 0.29) is 11.4 Å². The standard InChI is InChI=1S/C22H24F2N2O3S2/c1-16(12-25-31(27,28)20-6-7-21(23)22(24)11-20)29-19-5-3-4-17(10-19)13-26(2)14-18-8-9-30-15-18/h3-11,15-16,25H,12-14H2,1-2H3/t16-/m0/s1. The lowest BCUT2D eigenvalue weighted by Crippen LogP contribution is -2.33. The molecule has 31 heavy (non-hydrogen) atoms. The average molecular weight is 467 g/mol. The first kappa shape index (κ1) is 23.3. The molecule has 0 spiro atoms. The molecule has 0 fully saturated rings. The molecular weight excluding hydrogens is 442 g/mol. The number of halogens is 2. The van der Waals surface area contributed by atoms with E-state index < -0.39 is 27.8 Å². The molecule has 5 nitrogen and oxygen atoms in total. The molecule has 1 aromatic heterocycles. The number of rotatable bonds is 10. The van der Waals surface area contributed by atoms with Crippen LogP contribution in [0.3, 0.4) is 0 Å². The Morgan fingerprint density at radius 3 is 2.55 bits per heavy atom. The van der Waals surface area contributed by atoms with Gasteiger partial charge in [-0.2, -0.15) is 11.3 Å². The molecule has 9 heteroatoms. The van der Waals surface area contributed by atoms with Gasteiger partial charge in [-0.05, 0) is 72.3 Å². The molecule has 0 saturated carbocycles. The second kappa shape index (κ2) is 10.3. The molecule has 3 rings (SSSR count). The summed E-state index contributed by atoms with van der Waals surface area (Å²) in [6.07, 6.45) is -0.473. The van der Waals surface area contributed by atoms with Gasteiger partial charge in [0.2, 0.25) is 10.0 Å². The maximum absolute atomic E-state index is 13.3. The Morgan fingerprint density at radius 1 is 1.06 bits per heavy atom. The maximum atomic E-state index is 13.3. The normalized spacial score (nSPS) is 12.8. The van der Waals surface area contributed by atoms with E-state index in [1.165, 1.54) is 5.56 Å². The number of nitrogens with zero attached hydrogens (tertiary/aromatic N) is 1. The monoisotopic (exact) mass is 466 g/mol. The third kappa shape index (κ3) is 6.83. The van der Waals surface area contributed by atoms with Crippen molar-refractivity contribution in [2.45, 2.75) is 31.0 Å². The Bertz CT molecular complexity index is 1110. The first-order valence-corrected chi connectivity index (χ1v) is 12.1. The van der Waals surface area contributed by atoms with Crippen LogP contribution in [0.5, 0.6) is 5.75 Å². The highest BCUT2D eigenvalue weighted by Crippen LogP contribution is 2.18. The van der Waals surface area contributed by atoms with E-state index in [4.69, 9.17) is 4.74 Å². The molecular formula is C22H24F2N2O3S2. The van der Waals surface area contributed by atoms with Gasteiger partial charge in [0.25, 0.3) is 0 Å². The molecule has 0 saturated heterocycles. The van der Waals surface area contributed by atoms with Crippen LogP contribution in [0.2, 0.25) is 0 Å². The number of sulfonamides is 1. The van der Waals surface area contributed by atoms with Crippen LogP contribution in [0, 0.1) is 11.6 Å². The minimum atomic E-state index is -3.98. The van der Waals surface area contributed by atoms with Gasteiger partial charge in [0.05, 0.1) is 4.90 Å². The van der Waals surface area contributed by atoms with Crippen LogP contribution >= 0.6 is 11.3 Å². The van der Waals surface area contributed by atoms with Gasteiger partial charge in [-0.25, -0.2) is 21.9 Å². The topological polar surface area (TPSA) is 58.6 Å². The quantitative estimate of drug-likeness (QED) is 0.481. The van der Waals surface area contributed by atoms with Crippen LogP contribution in [0.25, 0.3) is 0 Å². The first-order valence-electron chi connectivity index (χ1n) is 9.63. The van der Waals surface area contributed by atoms with Crippen LogP contribution in [-0.4, -0.2) is 33.0 Å². The van der Waals surface area contributed by atoms with Crippen molar-refractivity contribution in [3.05, 3.63) is 82.1 Å². The molecule has 1 N–H and O–H groups in total. The molecule has 0 bridgehead atoms. The average Bonchev–Trinajstić information content (AvgIpc) is 3.21. The van der Waals surface area contributed by atoms with Crippen molar-refractivity contribution < 1.29 is 21.9 Å². The fraction of sp³-hybridized carbons (Fsp3) is 0.273. The predicted molar refractivity (Wildman–Crippen MR) is 118 cm³/mol. The van der Waals surface area contributed by atoms with Crippen molar-refractivity contribution in [1.82, 2.24) is 9.62 Å². The Labute approximate surface area is 185 Å². The van der Waals surface area contributed by atoms with Crippen molar-refractivity contribution in [2.24, 2.45) is 0 Å². The van der Waals surface area contributed by atoms with E-state index in [2.05, 4.69) is 26.4 Å². The Hall–Kier alpha value is -2.33. The van der Waals surface area contributed by atoms with E-state index in [0.717, 1.165) is 30.8 Å². The Morgan fingerprint density at radius 2 is 1.84 bits per heavy atom. The summed E-state index contributed by atoms with van der Waals surface area (Å²) >= 11 is 1.67. The largest absolute Gasteiger partial charge is 0.489 e. The minimum Gasteiger partial charge on any atom is -0.489 e. The summed E-state index contributed by atoms with van der Waals surface area (Å²) in [6, 6.07) is 12.2. The third-order valence-electron chi connectivity index (χ3n) is 4.48. The van der Waals surface area contributed by atoms with Crippen LogP contribution < -0.4 is 9.46 Å². The lowest BCUT2D eigenvalue weighted by atomic mass is 10.2. The fourth-order valence-corrected chi connectivity index (χ4v) is 4.79. The van der Waals surface area contributed by atoms with Gasteiger partial charge in [0.15, 0.2) is 11.6 Å². The molecule has 0 aliphatic rings. The van der Waals surface area contributed by atoms with Crippen molar-refractivity contribution in [1.29, 1.82) is 0 Å². The van der Waals surface area contributed by atoms with Gasteiger partial charge in [-0.3, -0.25) is 4.90 Å². The highest BCUT2D eigenvalue weighted by atomic mass is 32.2. The first-order chi connectivity index (χ1) is 14.7. The SMILES string of the molecule is C[C@@H](CNS(=O)(=O)c1ccc(F)c(F)c1)Oc1cccc(CN(C)Cc2ccsc2)c1. The lowest BCUT2D eigenvalue weighted by Gasteiger charge is -2.18. The van der Waals surface area contributed by atoms with Gasteiger partial charge in [0.1, 0.15) is 11.9 Å². The summed E-state index contributed by atoms with van der Waals surface area (Å²) in [6.45, 7) is 3.29. The third-order valence-corrected chi connectivity index (χ3v) is 6.64. The molecule has 0 unspecified atom stereocenters. The molecule has 0 radical (unpaired) electrons. The molecule has 1 heterocycles. The molecule has 3 aromatic rings. The minimum absolute atomic E-state index is 0.0242. The highest BCUT2D eigenvalue weighted by molar-refractivity contribution is 7.89. The smallest absolute Gasteiger partial charge is 0.240 e. The van der Waals surface area contributed by atoms with Crippen molar-refractivity contribution in [3.8, 4) is 5.75 Å². The van der Waals surface area contributed by atoms with E-state index >= 15 is 0 Å². The lowest BCUT2D eigenvalue weighted by molar-refractivity contribution is 0.224. The van der Waals surface area contributed by atoms with Gasteiger partial charge in [0, 0.05) is 19.6 Å². The Kier molecular flexibility index (Phi) is 7.77. The highest BCUT2D eigenvalue weighted by Gasteiger charge is 2.18. The molecule has 166 valence electrons. The zero-order valence-electron chi connectivity index (χ0n) is 17.2. The van der Waals surface area contributed by atoms with E-state index in [1.807, 2.05) is 31.3 Å². The zero-order chi connectivity index (χ0) is 22.4. The second-order valence-electron chi connectivity index (χ2n) is 7.31. The van der Waals surface area contributed by atoms with Crippen molar-refractivity contribution in [2.75, 3.05) is 13.6 Å². The predicted octanol–water partition coefficient (Wildman–Crippen LogP) is 4.40. The fourth-order valence-electron chi connectivity index (χ4n) is 3.01. The van der Waals surface area contributed by atoms with Gasteiger partial charge >= 0.3 is 0 Å². The van der Waals surface area contributed by atoms with Crippen molar-refractivity contribution >= 4 is 21.4 Å². The summed E-state index contributed by atoms with van der Waals surface area (Å²) < 4.78 is 59.2. The summed E-state index contributed by atoms with van der Waals surface area (Å²) in [5, 5.41) is 4.18. The Balaban J connectivity index is 1.54. The van der Waals surface area contributed by atoms with Crippen LogP contribution in [0.1, 0.15) is 18.1 Å². The maximum Gasteiger partial charge on any atom is 0.240 e. The number of hydrogen-bond donors (Lipinski definition) is 1. The van der Waals surface area contributed by atoms with Gasteiger partial charge < -0.3 is 4.74 Å². The van der Waals surface area contributed by atoms with E-state index in [9.17, 15) is 17.2 Å². The van der Waals surface area contributed by atoms with E-state index in [0.29, 0.717) is 11.8 Å². The van der Waals surface area contributed by atoms with Gasteiger partial charge in [-0.1, -0.05) is 12.1 Å². The van der Waals surface area contributed by atoms with Crippen molar-refractivity contribution in [3.63, 3.8) is 0 Å².